The Morgan fingerprint density at radius 2 is 1.88 bits per heavy atom. The Morgan fingerprint density at radius 3 is 2.59 bits per heavy atom. The highest BCUT2D eigenvalue weighted by Gasteiger charge is 2.47. The Balaban J connectivity index is 1.43. The summed E-state index contributed by atoms with van der Waals surface area (Å²) >= 11 is 0. The van der Waals surface area contributed by atoms with Crippen molar-refractivity contribution in [2.24, 2.45) is 0 Å². The number of carbonyl (C=O) groups is 1. The number of anilines is 1. The first kappa shape index (κ1) is 20.9. The van der Waals surface area contributed by atoms with Gasteiger partial charge >= 0.3 is 0 Å². The van der Waals surface area contributed by atoms with E-state index in [-0.39, 0.29) is 23.2 Å². The number of aromatic nitrogens is 1. The van der Waals surface area contributed by atoms with Gasteiger partial charge in [0, 0.05) is 35.9 Å². The number of benzene rings is 2. The fraction of sp³-hybridized carbons (Fsp3) is 0.333. The molecule has 1 aliphatic carbocycles. The van der Waals surface area contributed by atoms with Gasteiger partial charge in [-0.25, -0.2) is 12.8 Å². The molecule has 32 heavy (non-hydrogen) atoms. The molecule has 1 saturated heterocycles. The van der Waals surface area contributed by atoms with Crippen molar-refractivity contribution in [2.75, 3.05) is 29.5 Å². The topological polar surface area (TPSA) is 79.4 Å². The summed E-state index contributed by atoms with van der Waals surface area (Å²) in [7, 11) is -2.98. The van der Waals surface area contributed by atoms with Crippen molar-refractivity contribution in [1.82, 2.24) is 10.3 Å². The lowest BCUT2D eigenvalue weighted by molar-refractivity contribution is 0.0930. The van der Waals surface area contributed by atoms with Crippen molar-refractivity contribution in [3.8, 4) is 0 Å². The van der Waals surface area contributed by atoms with E-state index in [1.54, 1.807) is 18.3 Å². The van der Waals surface area contributed by atoms with E-state index in [0.717, 1.165) is 29.7 Å². The number of fused-ring (bicyclic) bond motifs is 1. The van der Waals surface area contributed by atoms with Gasteiger partial charge in [-0.15, -0.1) is 0 Å². The Hall–Kier alpha value is -3.00. The van der Waals surface area contributed by atoms with E-state index in [9.17, 15) is 17.6 Å². The molecule has 5 rings (SSSR count). The van der Waals surface area contributed by atoms with E-state index in [2.05, 4.69) is 10.3 Å². The summed E-state index contributed by atoms with van der Waals surface area (Å²) in [5, 5.41) is 3.91. The molecule has 2 aromatic carbocycles. The maximum atomic E-state index is 14.2. The number of nitrogens with one attached hydrogen (secondary N) is 1. The Bertz CT molecular complexity index is 1320. The van der Waals surface area contributed by atoms with Gasteiger partial charge < -0.3 is 10.2 Å². The summed E-state index contributed by atoms with van der Waals surface area (Å²) in [5.41, 5.74) is 2.91. The average molecular weight is 454 g/mol. The zero-order valence-electron chi connectivity index (χ0n) is 17.8. The molecule has 2 aliphatic rings. The van der Waals surface area contributed by atoms with Gasteiger partial charge in [0.2, 0.25) is 0 Å². The number of nitrogens with zero attached hydrogens (tertiary/aromatic N) is 2. The van der Waals surface area contributed by atoms with Crippen LogP contribution in [-0.4, -0.2) is 43.9 Å². The lowest BCUT2D eigenvalue weighted by atomic mass is 9.98. The third-order valence-corrected chi connectivity index (χ3v) is 8.12. The van der Waals surface area contributed by atoms with Crippen LogP contribution in [-0.2, 0) is 15.4 Å². The third kappa shape index (κ3) is 3.72. The van der Waals surface area contributed by atoms with Crippen molar-refractivity contribution in [3.63, 3.8) is 0 Å². The molecule has 3 aromatic rings. The van der Waals surface area contributed by atoms with E-state index < -0.39 is 15.4 Å². The highest BCUT2D eigenvalue weighted by Crippen LogP contribution is 2.48. The third-order valence-electron chi connectivity index (χ3n) is 6.51. The Kier molecular flexibility index (Phi) is 4.93. The molecule has 0 atom stereocenters. The molecule has 0 bridgehead atoms. The quantitative estimate of drug-likeness (QED) is 0.656. The van der Waals surface area contributed by atoms with Crippen molar-refractivity contribution in [1.29, 1.82) is 0 Å². The fourth-order valence-electron chi connectivity index (χ4n) is 4.45. The molecule has 1 amide bonds. The van der Waals surface area contributed by atoms with Crippen molar-refractivity contribution >= 4 is 32.3 Å². The van der Waals surface area contributed by atoms with Crippen LogP contribution < -0.4 is 10.2 Å². The number of pyridine rings is 1. The highest BCUT2D eigenvalue weighted by molar-refractivity contribution is 7.91. The molecule has 0 radical (unpaired) electrons. The standard InChI is InChI=1S/C24H24FN3O3S/c1-16-4-5-17(28-11-13-32(30,31)14-12-28)15-19(16)23(29)27-24(8-9-24)20-6-7-21(25)22-18(20)3-2-10-26-22/h2-7,10,15H,8-9,11-14H2,1H3,(H,27,29). The predicted octanol–water partition coefficient (Wildman–Crippen LogP) is 3.34. The molecule has 166 valence electrons. The summed E-state index contributed by atoms with van der Waals surface area (Å²) in [5.74, 6) is -0.319. The largest absolute Gasteiger partial charge is 0.369 e. The van der Waals surface area contributed by atoms with Gasteiger partial charge in [-0.2, -0.15) is 0 Å². The van der Waals surface area contributed by atoms with Gasteiger partial charge in [-0.3, -0.25) is 9.78 Å². The van der Waals surface area contributed by atoms with Crippen LogP contribution in [0.3, 0.4) is 0 Å². The van der Waals surface area contributed by atoms with Crippen molar-refractivity contribution in [3.05, 3.63) is 71.2 Å². The first-order valence-electron chi connectivity index (χ1n) is 10.7. The fourth-order valence-corrected chi connectivity index (χ4v) is 5.65. The van der Waals surface area contributed by atoms with Crippen LogP contribution in [0.5, 0.6) is 0 Å². The van der Waals surface area contributed by atoms with Crippen LogP contribution in [0.25, 0.3) is 10.9 Å². The molecule has 2 fully saturated rings. The first-order valence-corrected chi connectivity index (χ1v) is 12.5. The molecule has 1 saturated carbocycles. The zero-order chi connectivity index (χ0) is 22.5. The normalized spacial score (nSPS) is 19.0. The van der Waals surface area contributed by atoms with E-state index >= 15 is 0 Å². The smallest absolute Gasteiger partial charge is 0.252 e. The Morgan fingerprint density at radius 1 is 1.12 bits per heavy atom. The van der Waals surface area contributed by atoms with Crippen LogP contribution in [0.15, 0.2) is 48.7 Å². The minimum Gasteiger partial charge on any atom is -0.369 e. The second kappa shape index (κ2) is 7.55. The van der Waals surface area contributed by atoms with Crippen LogP contribution in [0.4, 0.5) is 10.1 Å². The number of sulfone groups is 1. The average Bonchev–Trinajstić information content (AvgIpc) is 3.55. The molecule has 8 heteroatoms. The van der Waals surface area contributed by atoms with Crippen molar-refractivity contribution < 1.29 is 17.6 Å². The number of amides is 1. The second-order valence-electron chi connectivity index (χ2n) is 8.67. The number of halogens is 1. The number of aryl methyl sites for hydroxylation is 1. The molecule has 0 spiro atoms. The lowest BCUT2D eigenvalue weighted by Crippen LogP contribution is -2.40. The van der Waals surface area contributed by atoms with Crippen LogP contribution >= 0.6 is 0 Å². The lowest BCUT2D eigenvalue weighted by Gasteiger charge is -2.29. The molecule has 6 nitrogen and oxygen atoms in total. The van der Waals surface area contributed by atoms with Gasteiger partial charge in [-0.1, -0.05) is 18.2 Å². The maximum absolute atomic E-state index is 14.2. The first-order chi connectivity index (χ1) is 15.3. The molecule has 0 unspecified atom stereocenters. The second-order valence-corrected chi connectivity index (χ2v) is 11.0. The van der Waals surface area contributed by atoms with Gasteiger partial charge in [-0.05, 0) is 55.2 Å². The minimum atomic E-state index is -2.98. The van der Waals surface area contributed by atoms with Gasteiger partial charge in [0.25, 0.3) is 5.91 Å². The number of rotatable bonds is 4. The predicted molar refractivity (Wildman–Crippen MR) is 122 cm³/mol. The highest BCUT2D eigenvalue weighted by atomic mass is 32.2. The minimum absolute atomic E-state index is 0.122. The molecule has 1 N–H and O–H groups in total. The zero-order valence-corrected chi connectivity index (χ0v) is 18.6. The van der Waals surface area contributed by atoms with Crippen molar-refractivity contribution in [2.45, 2.75) is 25.3 Å². The van der Waals surface area contributed by atoms with Gasteiger partial charge in [0.1, 0.15) is 11.3 Å². The SMILES string of the molecule is Cc1ccc(N2CCS(=O)(=O)CC2)cc1C(=O)NC1(c2ccc(F)c3ncccc23)CC1. The molecule has 2 heterocycles. The summed E-state index contributed by atoms with van der Waals surface area (Å²) < 4.78 is 37.7. The molecular formula is C24H24FN3O3S. The van der Waals surface area contributed by atoms with E-state index in [1.165, 1.54) is 6.07 Å². The van der Waals surface area contributed by atoms with Gasteiger partial charge in [0.05, 0.1) is 17.0 Å². The number of hydrogen-bond donors (Lipinski definition) is 1. The van der Waals surface area contributed by atoms with Crippen LogP contribution in [0.1, 0.15) is 34.3 Å². The number of hydrogen-bond acceptors (Lipinski definition) is 5. The molecule has 1 aliphatic heterocycles. The van der Waals surface area contributed by atoms with Crippen LogP contribution in [0, 0.1) is 12.7 Å². The number of carbonyl (C=O) groups excluding carboxylic acids is 1. The summed E-state index contributed by atoms with van der Waals surface area (Å²) in [6, 6.07) is 12.4. The van der Waals surface area contributed by atoms with Crippen LogP contribution in [0.2, 0.25) is 0 Å². The Labute approximate surface area is 186 Å². The molecular weight excluding hydrogens is 429 g/mol. The summed E-state index contributed by atoms with van der Waals surface area (Å²) in [6.07, 6.45) is 3.11. The van der Waals surface area contributed by atoms with Gasteiger partial charge in [0.15, 0.2) is 9.84 Å². The maximum Gasteiger partial charge on any atom is 0.252 e. The summed E-state index contributed by atoms with van der Waals surface area (Å²) in [4.78, 5) is 19.5. The van der Waals surface area contributed by atoms with E-state index in [1.807, 2.05) is 36.1 Å². The summed E-state index contributed by atoms with van der Waals surface area (Å²) in [6.45, 7) is 2.73. The monoisotopic (exact) mass is 453 g/mol. The van der Waals surface area contributed by atoms with E-state index in [0.29, 0.717) is 29.6 Å². The molecule has 1 aromatic heterocycles. The van der Waals surface area contributed by atoms with E-state index in [4.69, 9.17) is 0 Å².